The number of para-hydroxylation sites is 1. The Kier molecular flexibility index (Phi) is 8.67. The van der Waals surface area contributed by atoms with Crippen molar-refractivity contribution in [2.24, 2.45) is 0 Å². The van der Waals surface area contributed by atoms with Crippen molar-refractivity contribution in [3.05, 3.63) is 113 Å². The first kappa shape index (κ1) is 30.9. The maximum Gasteiger partial charge on any atom is 0.416 e. The zero-order valence-corrected chi connectivity index (χ0v) is 23.8. The van der Waals surface area contributed by atoms with Crippen molar-refractivity contribution in [2.75, 3.05) is 18.0 Å². The average Bonchev–Trinajstić information content (AvgIpc) is 3.42. The Labute approximate surface area is 255 Å². The number of rotatable bonds is 8. The number of fused-ring (bicyclic) bond motifs is 1. The molecule has 2 heterocycles. The molecule has 0 aliphatic carbocycles. The largest absolute Gasteiger partial charge is 0.416 e. The molecule has 2 N–H and O–H groups in total. The van der Waals surface area contributed by atoms with Gasteiger partial charge in [0.1, 0.15) is 17.7 Å². The minimum atomic E-state index is -4.71. The molecule has 0 unspecified atom stereocenters. The van der Waals surface area contributed by atoms with Crippen LogP contribution >= 0.6 is 0 Å². The van der Waals surface area contributed by atoms with Crippen LogP contribution in [-0.4, -0.2) is 46.6 Å². The second-order valence-corrected chi connectivity index (χ2v) is 10.1. The minimum Gasteiger partial charge on any atom is -0.350 e. The molecule has 3 amide bonds. The van der Waals surface area contributed by atoms with Crippen LogP contribution in [0.1, 0.15) is 56.8 Å². The standard InChI is InChI=1S/C32H26F4N6O3/c1-2-41-30-25(26(29(44)38-17-7-16-37)40-42(30)23-10-4-3-5-11-23)24(19-12-14-22(33)15-13-19)27(31(41)45)39-28(43)20-8-6-9-21(18-20)32(34,35)36/h3-6,8-15,18,24,27H,2,7,17H2,1H3,(H,38,44)(H,39,43)/t24-,27-/m1/s1. The van der Waals surface area contributed by atoms with E-state index in [1.54, 1.807) is 37.3 Å². The van der Waals surface area contributed by atoms with E-state index in [9.17, 15) is 31.9 Å². The van der Waals surface area contributed by atoms with E-state index >= 15 is 0 Å². The van der Waals surface area contributed by atoms with E-state index in [2.05, 4.69) is 15.7 Å². The SMILES string of the molecule is CCN1C(=O)[C@H](NC(=O)c2cccc(C(F)(F)F)c2)[C@H](c2ccc(F)cc2)c2c(C(=O)NCCC#N)nn(-c3ccccc3)c21. The highest BCUT2D eigenvalue weighted by atomic mass is 19.4. The smallest absolute Gasteiger partial charge is 0.350 e. The summed E-state index contributed by atoms with van der Waals surface area (Å²) in [5.74, 6) is -3.68. The van der Waals surface area contributed by atoms with Crippen LogP contribution in [0, 0.1) is 17.1 Å². The van der Waals surface area contributed by atoms with Gasteiger partial charge in [0.2, 0.25) is 0 Å². The highest BCUT2D eigenvalue weighted by molar-refractivity contribution is 6.07. The van der Waals surface area contributed by atoms with Gasteiger partial charge in [-0.2, -0.15) is 23.5 Å². The summed E-state index contributed by atoms with van der Waals surface area (Å²) in [7, 11) is 0. The molecule has 1 aliphatic heterocycles. The average molecular weight is 619 g/mol. The van der Waals surface area contributed by atoms with Crippen molar-refractivity contribution in [2.45, 2.75) is 31.5 Å². The van der Waals surface area contributed by atoms with Gasteiger partial charge in [0.25, 0.3) is 17.7 Å². The summed E-state index contributed by atoms with van der Waals surface area (Å²) in [5.41, 5.74) is -0.395. The minimum absolute atomic E-state index is 0.00957. The summed E-state index contributed by atoms with van der Waals surface area (Å²) >= 11 is 0. The fourth-order valence-corrected chi connectivity index (χ4v) is 5.32. The van der Waals surface area contributed by atoms with E-state index in [1.807, 2.05) is 6.07 Å². The van der Waals surface area contributed by atoms with Crippen LogP contribution in [0.25, 0.3) is 5.69 Å². The molecule has 0 radical (unpaired) electrons. The molecular formula is C32H26F4N6O3. The van der Waals surface area contributed by atoms with Gasteiger partial charge in [-0.1, -0.05) is 36.4 Å². The lowest BCUT2D eigenvalue weighted by Gasteiger charge is -2.38. The first-order valence-corrected chi connectivity index (χ1v) is 13.9. The molecule has 1 aromatic heterocycles. The molecule has 0 saturated carbocycles. The number of alkyl halides is 3. The predicted molar refractivity (Wildman–Crippen MR) is 155 cm³/mol. The van der Waals surface area contributed by atoms with Crippen LogP contribution in [-0.2, 0) is 11.0 Å². The van der Waals surface area contributed by atoms with Crippen LogP contribution < -0.4 is 15.5 Å². The van der Waals surface area contributed by atoms with Gasteiger partial charge in [-0.25, -0.2) is 9.07 Å². The van der Waals surface area contributed by atoms with E-state index < -0.39 is 47.2 Å². The maximum absolute atomic E-state index is 14.2. The Morgan fingerprint density at radius 2 is 1.71 bits per heavy atom. The van der Waals surface area contributed by atoms with Gasteiger partial charge >= 0.3 is 6.18 Å². The maximum atomic E-state index is 14.2. The third-order valence-corrected chi connectivity index (χ3v) is 7.35. The molecule has 230 valence electrons. The molecule has 3 aromatic carbocycles. The fraction of sp³-hybridized carbons (Fsp3) is 0.219. The molecule has 13 heteroatoms. The molecule has 9 nitrogen and oxygen atoms in total. The molecular weight excluding hydrogens is 592 g/mol. The molecule has 0 saturated heterocycles. The number of hydrogen-bond donors (Lipinski definition) is 2. The quantitative estimate of drug-likeness (QED) is 0.214. The van der Waals surface area contributed by atoms with Gasteiger partial charge in [-0.05, 0) is 55.0 Å². The second-order valence-electron chi connectivity index (χ2n) is 10.1. The van der Waals surface area contributed by atoms with Crippen LogP contribution in [0.2, 0.25) is 0 Å². The lowest BCUT2D eigenvalue weighted by atomic mass is 9.80. The van der Waals surface area contributed by atoms with Gasteiger partial charge in [0.05, 0.1) is 23.7 Å². The van der Waals surface area contributed by atoms with Gasteiger partial charge in [0, 0.05) is 30.1 Å². The topological polar surface area (TPSA) is 120 Å². The number of amides is 3. The molecule has 0 spiro atoms. The number of likely N-dealkylation sites (N-methyl/N-ethyl adjacent to an activating group) is 1. The summed E-state index contributed by atoms with van der Waals surface area (Å²) in [5, 5.41) is 18.8. The van der Waals surface area contributed by atoms with Gasteiger partial charge in [0.15, 0.2) is 5.69 Å². The van der Waals surface area contributed by atoms with Crippen molar-refractivity contribution < 1.29 is 31.9 Å². The first-order chi connectivity index (χ1) is 21.5. The monoisotopic (exact) mass is 618 g/mol. The summed E-state index contributed by atoms with van der Waals surface area (Å²) in [6, 6.07) is 18.1. The highest BCUT2D eigenvalue weighted by Crippen LogP contribution is 2.43. The molecule has 5 rings (SSSR count). The predicted octanol–water partition coefficient (Wildman–Crippen LogP) is 4.97. The van der Waals surface area contributed by atoms with Crippen molar-refractivity contribution in [3.8, 4) is 11.8 Å². The third-order valence-electron chi connectivity index (χ3n) is 7.35. The summed E-state index contributed by atoms with van der Waals surface area (Å²) in [6.07, 6.45) is -4.69. The van der Waals surface area contributed by atoms with Crippen molar-refractivity contribution in [1.82, 2.24) is 20.4 Å². The van der Waals surface area contributed by atoms with Crippen LogP contribution in [0.5, 0.6) is 0 Å². The Balaban J connectivity index is 1.71. The molecule has 4 aromatic rings. The highest BCUT2D eigenvalue weighted by Gasteiger charge is 2.47. The van der Waals surface area contributed by atoms with Crippen LogP contribution in [0.15, 0.2) is 78.9 Å². The molecule has 45 heavy (non-hydrogen) atoms. The summed E-state index contributed by atoms with van der Waals surface area (Å²) in [4.78, 5) is 42.6. The molecule has 2 atom stereocenters. The van der Waals surface area contributed by atoms with Gasteiger partial charge in [-0.3, -0.25) is 19.3 Å². The number of carbonyl (C=O) groups is 3. The number of nitrogens with zero attached hydrogens (tertiary/aromatic N) is 4. The second kappa shape index (κ2) is 12.6. The lowest BCUT2D eigenvalue weighted by Crippen LogP contribution is -2.55. The van der Waals surface area contributed by atoms with Gasteiger partial charge in [-0.15, -0.1) is 0 Å². The number of nitrogens with one attached hydrogen (secondary N) is 2. The van der Waals surface area contributed by atoms with E-state index in [0.717, 1.165) is 24.3 Å². The first-order valence-electron chi connectivity index (χ1n) is 13.9. The van der Waals surface area contributed by atoms with Crippen molar-refractivity contribution in [3.63, 3.8) is 0 Å². The molecule has 0 bridgehead atoms. The Morgan fingerprint density at radius 3 is 2.36 bits per heavy atom. The lowest BCUT2D eigenvalue weighted by molar-refractivity contribution is -0.137. The normalized spacial score (nSPS) is 16.1. The number of anilines is 1. The summed E-state index contributed by atoms with van der Waals surface area (Å²) < 4.78 is 55.7. The Bertz CT molecular complexity index is 1780. The zero-order chi connectivity index (χ0) is 32.3. The Hall–Kier alpha value is -5.51. The summed E-state index contributed by atoms with van der Waals surface area (Å²) in [6.45, 7) is 1.77. The third kappa shape index (κ3) is 6.12. The number of halogens is 4. The van der Waals surface area contributed by atoms with Crippen LogP contribution in [0.4, 0.5) is 23.4 Å². The van der Waals surface area contributed by atoms with Crippen LogP contribution in [0.3, 0.4) is 0 Å². The fourth-order valence-electron chi connectivity index (χ4n) is 5.32. The van der Waals surface area contributed by atoms with E-state index in [0.29, 0.717) is 17.3 Å². The zero-order valence-electron chi connectivity index (χ0n) is 23.8. The Morgan fingerprint density at radius 1 is 1.00 bits per heavy atom. The van der Waals surface area contributed by atoms with E-state index in [-0.39, 0.29) is 42.1 Å². The van der Waals surface area contributed by atoms with Crippen molar-refractivity contribution in [1.29, 1.82) is 5.26 Å². The molecule has 0 fully saturated rings. The van der Waals surface area contributed by atoms with E-state index in [1.165, 1.54) is 27.8 Å². The van der Waals surface area contributed by atoms with E-state index in [4.69, 9.17) is 5.26 Å². The number of aromatic nitrogens is 2. The number of hydrogen-bond acceptors (Lipinski definition) is 5. The molecule has 1 aliphatic rings. The number of nitriles is 1. The number of benzene rings is 3. The number of carbonyl (C=O) groups excluding carboxylic acids is 3. The van der Waals surface area contributed by atoms with Crippen molar-refractivity contribution >= 4 is 23.5 Å². The van der Waals surface area contributed by atoms with Gasteiger partial charge < -0.3 is 10.6 Å².